The Morgan fingerprint density at radius 3 is 2.64 bits per heavy atom. The molecule has 2 rings (SSSR count). The summed E-state index contributed by atoms with van der Waals surface area (Å²) >= 11 is 5.02. The van der Waals surface area contributed by atoms with Gasteiger partial charge in [0.2, 0.25) is 5.91 Å². The number of amides is 1. The van der Waals surface area contributed by atoms with Crippen molar-refractivity contribution in [2.24, 2.45) is 5.92 Å². The van der Waals surface area contributed by atoms with Gasteiger partial charge in [-0.3, -0.25) is 15.6 Å². The predicted octanol–water partition coefficient (Wildman–Crippen LogP) is 3.50. The Morgan fingerprint density at radius 1 is 1.18 bits per heavy atom. The smallest absolute Gasteiger partial charge is 0.238 e. The number of hydrogen-bond acceptors (Lipinski definition) is 2. The Hall–Kier alpha value is -1.69. The van der Waals surface area contributed by atoms with E-state index in [0.717, 1.165) is 6.42 Å². The molecule has 22 heavy (non-hydrogen) atoms. The fraction of sp³-hybridized carbons (Fsp3) is 0.500. The van der Waals surface area contributed by atoms with Gasteiger partial charge in [-0.15, -0.1) is 0 Å². The average Bonchev–Trinajstić information content (AvgIpc) is 2.54. The van der Waals surface area contributed by atoms with E-state index in [0.29, 0.717) is 12.3 Å². The zero-order valence-electron chi connectivity index (χ0n) is 12.5. The molecule has 0 bridgehead atoms. The summed E-state index contributed by atoms with van der Waals surface area (Å²) in [5, 5.41) is 2.86. The molecule has 120 valence electrons. The average molecular weight is 323 g/mol. The third kappa shape index (κ3) is 5.60. The number of halogens is 1. The van der Waals surface area contributed by atoms with Crippen LogP contribution in [0.5, 0.6) is 0 Å². The number of hydrazine groups is 1. The standard InChI is InChI=1S/C16H22FN3OS/c17-13-8-4-5-9-14(13)18-16(22)20-19-15(21)11-10-12-6-2-1-3-7-12/h4-5,8-9,12H,1-3,6-7,10-11H2,(H,19,21)(H2,18,20,22). The number of nitrogens with one attached hydrogen (secondary N) is 3. The van der Waals surface area contributed by atoms with E-state index in [1.165, 1.54) is 38.2 Å². The van der Waals surface area contributed by atoms with Gasteiger partial charge in [-0.2, -0.15) is 0 Å². The van der Waals surface area contributed by atoms with Crippen molar-refractivity contribution < 1.29 is 9.18 Å². The van der Waals surface area contributed by atoms with Crippen LogP contribution in [0.25, 0.3) is 0 Å². The first-order valence-electron chi connectivity index (χ1n) is 7.75. The van der Waals surface area contributed by atoms with Crippen LogP contribution in [0.15, 0.2) is 24.3 Å². The molecule has 0 radical (unpaired) electrons. The highest BCUT2D eigenvalue weighted by molar-refractivity contribution is 7.80. The second-order valence-corrected chi connectivity index (χ2v) is 6.06. The van der Waals surface area contributed by atoms with E-state index in [2.05, 4.69) is 16.2 Å². The van der Waals surface area contributed by atoms with Gasteiger partial charge in [0.25, 0.3) is 0 Å². The molecule has 0 aliphatic heterocycles. The summed E-state index contributed by atoms with van der Waals surface area (Å²) in [6.45, 7) is 0. The van der Waals surface area contributed by atoms with Gasteiger partial charge in [0, 0.05) is 6.42 Å². The van der Waals surface area contributed by atoms with Crippen molar-refractivity contribution in [3.05, 3.63) is 30.1 Å². The maximum Gasteiger partial charge on any atom is 0.238 e. The Bertz CT molecular complexity index is 518. The largest absolute Gasteiger partial charge is 0.329 e. The van der Waals surface area contributed by atoms with E-state index in [9.17, 15) is 9.18 Å². The predicted molar refractivity (Wildman–Crippen MR) is 89.7 cm³/mol. The molecule has 3 N–H and O–H groups in total. The van der Waals surface area contributed by atoms with Crippen LogP contribution in [0, 0.1) is 11.7 Å². The fourth-order valence-electron chi connectivity index (χ4n) is 2.72. The van der Waals surface area contributed by atoms with Gasteiger partial charge < -0.3 is 5.32 Å². The molecule has 0 atom stereocenters. The molecule has 0 aromatic heterocycles. The van der Waals surface area contributed by atoms with Crippen molar-refractivity contribution >= 4 is 28.9 Å². The van der Waals surface area contributed by atoms with Crippen molar-refractivity contribution in [3.63, 3.8) is 0 Å². The van der Waals surface area contributed by atoms with Crippen molar-refractivity contribution in [3.8, 4) is 0 Å². The summed E-state index contributed by atoms with van der Waals surface area (Å²) in [4.78, 5) is 11.8. The maximum absolute atomic E-state index is 13.4. The quantitative estimate of drug-likeness (QED) is 0.586. The number of rotatable bonds is 4. The Morgan fingerprint density at radius 2 is 1.91 bits per heavy atom. The second kappa shape index (κ2) is 8.68. The number of para-hydroxylation sites is 1. The normalized spacial score (nSPS) is 15.1. The summed E-state index contributed by atoms with van der Waals surface area (Å²) < 4.78 is 13.4. The molecule has 0 unspecified atom stereocenters. The van der Waals surface area contributed by atoms with Gasteiger partial charge in [-0.25, -0.2) is 4.39 Å². The Balaban J connectivity index is 1.65. The van der Waals surface area contributed by atoms with Gasteiger partial charge in [0.05, 0.1) is 5.69 Å². The van der Waals surface area contributed by atoms with Crippen molar-refractivity contribution in [2.45, 2.75) is 44.9 Å². The SMILES string of the molecule is O=C(CCC1CCCCC1)NNC(=S)Nc1ccccc1F. The molecule has 4 nitrogen and oxygen atoms in total. The first-order valence-corrected chi connectivity index (χ1v) is 8.16. The van der Waals surface area contributed by atoms with Crippen LogP contribution in [0.2, 0.25) is 0 Å². The van der Waals surface area contributed by atoms with E-state index < -0.39 is 5.82 Å². The Kier molecular flexibility index (Phi) is 6.58. The zero-order valence-corrected chi connectivity index (χ0v) is 13.3. The molecule has 6 heteroatoms. The van der Waals surface area contributed by atoms with E-state index in [4.69, 9.17) is 12.2 Å². The van der Waals surface area contributed by atoms with E-state index in [1.54, 1.807) is 18.2 Å². The molecule has 1 amide bonds. The number of anilines is 1. The highest BCUT2D eigenvalue weighted by Gasteiger charge is 2.14. The number of benzene rings is 1. The summed E-state index contributed by atoms with van der Waals surface area (Å²) in [7, 11) is 0. The molecule has 0 spiro atoms. The van der Waals surface area contributed by atoms with Crippen LogP contribution in [0.1, 0.15) is 44.9 Å². The van der Waals surface area contributed by atoms with E-state index >= 15 is 0 Å². The summed E-state index contributed by atoms with van der Waals surface area (Å²) in [5.74, 6) is 0.182. The number of hydrogen-bond donors (Lipinski definition) is 3. The van der Waals surface area contributed by atoms with Gasteiger partial charge in [-0.05, 0) is 36.7 Å². The van der Waals surface area contributed by atoms with Crippen LogP contribution in [-0.2, 0) is 4.79 Å². The van der Waals surface area contributed by atoms with Crippen molar-refractivity contribution in [1.29, 1.82) is 0 Å². The molecular formula is C16H22FN3OS. The second-order valence-electron chi connectivity index (χ2n) is 5.65. The van der Waals surface area contributed by atoms with Crippen LogP contribution < -0.4 is 16.2 Å². The van der Waals surface area contributed by atoms with Gasteiger partial charge in [0.15, 0.2) is 5.11 Å². The highest BCUT2D eigenvalue weighted by Crippen LogP contribution is 2.27. The monoisotopic (exact) mass is 323 g/mol. The molecule has 1 aromatic carbocycles. The third-order valence-corrected chi connectivity index (χ3v) is 4.15. The molecular weight excluding hydrogens is 301 g/mol. The minimum absolute atomic E-state index is 0.0942. The van der Waals surface area contributed by atoms with Crippen LogP contribution >= 0.6 is 12.2 Å². The summed E-state index contributed by atoms with van der Waals surface area (Å²) in [6.07, 6.45) is 7.74. The third-order valence-electron chi connectivity index (χ3n) is 3.94. The van der Waals surface area contributed by atoms with E-state index in [1.807, 2.05) is 0 Å². The van der Waals surface area contributed by atoms with Gasteiger partial charge >= 0.3 is 0 Å². The first-order chi connectivity index (χ1) is 10.6. The van der Waals surface area contributed by atoms with Crippen LogP contribution in [0.3, 0.4) is 0 Å². The first kappa shape index (κ1) is 16.7. The molecule has 0 saturated heterocycles. The van der Waals surface area contributed by atoms with Crippen LogP contribution in [-0.4, -0.2) is 11.0 Å². The van der Waals surface area contributed by atoms with Crippen molar-refractivity contribution in [2.75, 3.05) is 5.32 Å². The fourth-order valence-corrected chi connectivity index (χ4v) is 2.88. The minimum atomic E-state index is -0.393. The van der Waals surface area contributed by atoms with Gasteiger partial charge in [0.1, 0.15) is 5.82 Å². The van der Waals surface area contributed by atoms with Crippen LogP contribution in [0.4, 0.5) is 10.1 Å². The lowest BCUT2D eigenvalue weighted by Gasteiger charge is -2.21. The number of carbonyl (C=O) groups is 1. The lowest BCUT2D eigenvalue weighted by molar-refractivity contribution is -0.122. The van der Waals surface area contributed by atoms with Gasteiger partial charge in [-0.1, -0.05) is 44.2 Å². The molecule has 1 aliphatic carbocycles. The topological polar surface area (TPSA) is 53.2 Å². The van der Waals surface area contributed by atoms with Crippen molar-refractivity contribution in [1.82, 2.24) is 10.9 Å². The number of thiocarbonyl (C=S) groups is 1. The maximum atomic E-state index is 13.4. The lowest BCUT2D eigenvalue weighted by atomic mass is 9.86. The van der Waals surface area contributed by atoms with E-state index in [-0.39, 0.29) is 16.7 Å². The minimum Gasteiger partial charge on any atom is -0.329 e. The zero-order chi connectivity index (χ0) is 15.8. The summed E-state index contributed by atoms with van der Waals surface area (Å²) in [6, 6.07) is 6.22. The molecule has 1 aliphatic rings. The molecule has 1 fully saturated rings. The lowest BCUT2D eigenvalue weighted by Crippen LogP contribution is -2.43. The molecule has 1 saturated carbocycles. The highest BCUT2D eigenvalue weighted by atomic mass is 32.1. The Labute approximate surface area is 135 Å². The summed E-state index contributed by atoms with van der Waals surface area (Å²) in [5.41, 5.74) is 5.42. The number of carbonyl (C=O) groups excluding carboxylic acids is 1. The molecule has 1 aromatic rings. The molecule has 0 heterocycles.